The molecule has 0 aromatic carbocycles. The van der Waals surface area contributed by atoms with E-state index in [-0.39, 0.29) is 11.7 Å². The van der Waals surface area contributed by atoms with Gasteiger partial charge in [0.2, 0.25) is 0 Å². The minimum absolute atomic E-state index is 0.0186. The molecule has 1 rings (SSSR count). The molecule has 1 heterocycles. The number of carbonyl (C=O) groups is 1. The van der Waals surface area contributed by atoms with Gasteiger partial charge in [0.1, 0.15) is 0 Å². The standard InChI is InChI=1S/C12H18N2OS/c1-7(2)6-14-10-5-9(13)12(16-10)11(15)8(3)4/h5,8,14H,1,6,13H2,2-4H3. The Morgan fingerprint density at radius 1 is 1.62 bits per heavy atom. The lowest BCUT2D eigenvalue weighted by molar-refractivity contribution is 0.0944. The summed E-state index contributed by atoms with van der Waals surface area (Å²) in [5.41, 5.74) is 7.42. The van der Waals surface area contributed by atoms with Gasteiger partial charge in [0, 0.05) is 12.5 Å². The van der Waals surface area contributed by atoms with Gasteiger partial charge in [-0.2, -0.15) is 0 Å². The molecule has 3 nitrogen and oxygen atoms in total. The van der Waals surface area contributed by atoms with Crippen molar-refractivity contribution in [1.82, 2.24) is 0 Å². The Balaban J connectivity index is 2.81. The van der Waals surface area contributed by atoms with Gasteiger partial charge in [-0.15, -0.1) is 11.3 Å². The maximum atomic E-state index is 11.8. The van der Waals surface area contributed by atoms with Crippen LogP contribution in [-0.2, 0) is 0 Å². The topological polar surface area (TPSA) is 55.1 Å². The van der Waals surface area contributed by atoms with E-state index in [1.54, 1.807) is 0 Å². The number of nitrogens with two attached hydrogens (primary N) is 1. The molecule has 0 aliphatic rings. The highest BCUT2D eigenvalue weighted by Gasteiger charge is 2.17. The van der Waals surface area contributed by atoms with Crippen molar-refractivity contribution in [3.05, 3.63) is 23.1 Å². The summed E-state index contributed by atoms with van der Waals surface area (Å²) in [6, 6.07) is 1.81. The summed E-state index contributed by atoms with van der Waals surface area (Å²) in [4.78, 5) is 12.5. The minimum Gasteiger partial charge on any atom is -0.397 e. The molecule has 0 atom stereocenters. The van der Waals surface area contributed by atoms with E-state index < -0.39 is 0 Å². The van der Waals surface area contributed by atoms with Crippen LogP contribution in [0.2, 0.25) is 0 Å². The molecule has 0 saturated heterocycles. The first kappa shape index (κ1) is 12.8. The van der Waals surface area contributed by atoms with Gasteiger partial charge in [-0.3, -0.25) is 4.79 Å². The lowest BCUT2D eigenvalue weighted by atomic mass is 10.1. The van der Waals surface area contributed by atoms with Crippen LogP contribution in [-0.4, -0.2) is 12.3 Å². The Kier molecular flexibility index (Phi) is 4.12. The largest absolute Gasteiger partial charge is 0.397 e. The third-order valence-corrected chi connectivity index (χ3v) is 3.20. The van der Waals surface area contributed by atoms with Crippen LogP contribution in [0.15, 0.2) is 18.2 Å². The first-order chi connectivity index (χ1) is 7.41. The number of nitrogens with one attached hydrogen (secondary N) is 1. The van der Waals surface area contributed by atoms with E-state index in [1.807, 2.05) is 26.8 Å². The van der Waals surface area contributed by atoms with Crippen LogP contribution in [0.1, 0.15) is 30.4 Å². The lowest BCUT2D eigenvalue weighted by Crippen LogP contribution is -2.07. The van der Waals surface area contributed by atoms with E-state index in [9.17, 15) is 4.79 Å². The normalized spacial score (nSPS) is 10.5. The summed E-state index contributed by atoms with van der Waals surface area (Å²) in [6.07, 6.45) is 0. The van der Waals surface area contributed by atoms with Crippen LogP contribution >= 0.6 is 11.3 Å². The zero-order chi connectivity index (χ0) is 12.3. The average molecular weight is 238 g/mol. The van der Waals surface area contributed by atoms with E-state index in [1.165, 1.54) is 11.3 Å². The molecule has 0 aliphatic heterocycles. The van der Waals surface area contributed by atoms with Crippen LogP contribution in [0.4, 0.5) is 10.7 Å². The van der Waals surface area contributed by atoms with E-state index >= 15 is 0 Å². The first-order valence-corrected chi connectivity index (χ1v) is 6.05. The van der Waals surface area contributed by atoms with Gasteiger partial charge in [-0.1, -0.05) is 26.0 Å². The van der Waals surface area contributed by atoms with Gasteiger partial charge in [-0.05, 0) is 13.0 Å². The van der Waals surface area contributed by atoms with Crippen molar-refractivity contribution in [3.8, 4) is 0 Å². The maximum absolute atomic E-state index is 11.8. The molecule has 0 unspecified atom stereocenters. The number of thiophene rings is 1. The first-order valence-electron chi connectivity index (χ1n) is 5.23. The molecule has 0 radical (unpaired) electrons. The number of rotatable bonds is 5. The Bertz CT molecular complexity index is 407. The molecular weight excluding hydrogens is 220 g/mol. The predicted octanol–water partition coefficient (Wildman–Crippen LogP) is 3.16. The number of ketones is 1. The fourth-order valence-corrected chi connectivity index (χ4v) is 2.25. The molecule has 0 aliphatic carbocycles. The Morgan fingerprint density at radius 2 is 2.25 bits per heavy atom. The van der Waals surface area contributed by atoms with Gasteiger partial charge in [-0.25, -0.2) is 0 Å². The second-order valence-electron chi connectivity index (χ2n) is 4.22. The van der Waals surface area contributed by atoms with Crippen molar-refractivity contribution in [1.29, 1.82) is 0 Å². The van der Waals surface area contributed by atoms with Crippen molar-refractivity contribution in [2.45, 2.75) is 20.8 Å². The van der Waals surface area contributed by atoms with Crippen LogP contribution in [0.5, 0.6) is 0 Å². The fraction of sp³-hybridized carbons (Fsp3) is 0.417. The highest BCUT2D eigenvalue weighted by atomic mass is 32.1. The quantitative estimate of drug-likeness (QED) is 0.612. The molecule has 0 saturated carbocycles. The zero-order valence-electron chi connectivity index (χ0n) is 9.96. The molecule has 0 bridgehead atoms. The summed E-state index contributed by atoms with van der Waals surface area (Å²) in [7, 11) is 0. The summed E-state index contributed by atoms with van der Waals surface area (Å²) >= 11 is 1.41. The maximum Gasteiger partial charge on any atom is 0.177 e. The van der Waals surface area contributed by atoms with Crippen molar-refractivity contribution in [2.24, 2.45) is 5.92 Å². The van der Waals surface area contributed by atoms with Crippen molar-refractivity contribution < 1.29 is 4.79 Å². The van der Waals surface area contributed by atoms with Crippen LogP contribution < -0.4 is 11.1 Å². The number of Topliss-reactive ketones (excluding diaryl/α,β-unsaturated/α-hetero) is 1. The Morgan fingerprint density at radius 3 is 2.75 bits per heavy atom. The summed E-state index contributed by atoms with van der Waals surface area (Å²) in [5, 5.41) is 4.11. The average Bonchev–Trinajstić information content (AvgIpc) is 2.55. The smallest absolute Gasteiger partial charge is 0.177 e. The third-order valence-electron chi connectivity index (χ3n) is 2.07. The zero-order valence-corrected chi connectivity index (χ0v) is 10.8. The van der Waals surface area contributed by atoms with Crippen LogP contribution in [0.3, 0.4) is 0 Å². The second kappa shape index (κ2) is 5.16. The molecule has 1 aromatic heterocycles. The number of nitrogen functional groups attached to an aromatic ring is 1. The summed E-state index contributed by atoms with van der Waals surface area (Å²) in [6.45, 7) is 10.2. The Hall–Kier alpha value is -1.29. The van der Waals surface area contributed by atoms with E-state index in [2.05, 4.69) is 11.9 Å². The van der Waals surface area contributed by atoms with E-state index in [0.29, 0.717) is 17.1 Å². The predicted molar refractivity (Wildman–Crippen MR) is 71.2 cm³/mol. The molecular formula is C12H18N2OS. The van der Waals surface area contributed by atoms with Crippen molar-refractivity contribution in [3.63, 3.8) is 0 Å². The van der Waals surface area contributed by atoms with Crippen molar-refractivity contribution in [2.75, 3.05) is 17.6 Å². The second-order valence-corrected chi connectivity index (χ2v) is 5.28. The molecule has 0 amide bonds. The molecule has 4 heteroatoms. The monoisotopic (exact) mass is 238 g/mol. The molecule has 3 N–H and O–H groups in total. The van der Waals surface area contributed by atoms with E-state index in [0.717, 1.165) is 10.6 Å². The van der Waals surface area contributed by atoms with Crippen molar-refractivity contribution >= 4 is 27.8 Å². The third kappa shape index (κ3) is 3.10. The van der Waals surface area contributed by atoms with E-state index in [4.69, 9.17) is 5.73 Å². The van der Waals surface area contributed by atoms with Gasteiger partial charge < -0.3 is 11.1 Å². The molecule has 1 aromatic rings. The molecule has 88 valence electrons. The summed E-state index contributed by atoms with van der Waals surface area (Å²) in [5.74, 6) is 0.0841. The number of hydrogen-bond acceptors (Lipinski definition) is 4. The number of anilines is 2. The fourth-order valence-electron chi connectivity index (χ4n) is 1.18. The lowest BCUT2D eigenvalue weighted by Gasteiger charge is -2.02. The van der Waals surface area contributed by atoms with Crippen LogP contribution in [0, 0.1) is 5.92 Å². The Labute approximate surface area is 100 Å². The molecule has 0 spiro atoms. The highest BCUT2D eigenvalue weighted by molar-refractivity contribution is 7.18. The minimum atomic E-state index is -0.0186. The van der Waals surface area contributed by atoms with Gasteiger partial charge >= 0.3 is 0 Å². The van der Waals surface area contributed by atoms with Gasteiger partial charge in [0.25, 0.3) is 0 Å². The van der Waals surface area contributed by atoms with Gasteiger partial charge in [0.15, 0.2) is 5.78 Å². The van der Waals surface area contributed by atoms with Gasteiger partial charge in [0.05, 0.1) is 15.6 Å². The highest BCUT2D eigenvalue weighted by Crippen LogP contribution is 2.31. The number of hydrogen-bond donors (Lipinski definition) is 2. The molecule has 0 fully saturated rings. The van der Waals surface area contributed by atoms with Crippen LogP contribution in [0.25, 0.3) is 0 Å². The molecule has 16 heavy (non-hydrogen) atoms. The summed E-state index contributed by atoms with van der Waals surface area (Å²) < 4.78 is 0. The SMILES string of the molecule is C=C(C)CNc1cc(N)c(C(=O)C(C)C)s1. The number of carbonyl (C=O) groups excluding carboxylic acids is 1.